The third-order valence-corrected chi connectivity index (χ3v) is 4.78. The standard InChI is InChI=1S/C23H21F3N4O2/c1-2-29(16-18-6-4-3-5-7-18)20-11-8-17(9-12-20)15-27-28-21-13-10-19(23(24,25)26)14-22(21)30(31)32/h3-15,28H,2,16H2,1H3. The number of hydrogen-bond acceptors (Lipinski definition) is 5. The Morgan fingerprint density at radius 3 is 2.34 bits per heavy atom. The van der Waals surface area contributed by atoms with E-state index in [1.807, 2.05) is 42.5 Å². The molecule has 0 aliphatic rings. The summed E-state index contributed by atoms with van der Waals surface area (Å²) >= 11 is 0. The zero-order valence-electron chi connectivity index (χ0n) is 17.2. The molecule has 1 N–H and O–H groups in total. The molecule has 6 nitrogen and oxygen atoms in total. The van der Waals surface area contributed by atoms with Gasteiger partial charge in [0.05, 0.1) is 16.7 Å². The van der Waals surface area contributed by atoms with Crippen LogP contribution in [0.15, 0.2) is 77.9 Å². The molecule has 0 spiro atoms. The average molecular weight is 442 g/mol. The minimum absolute atomic E-state index is 0.129. The van der Waals surface area contributed by atoms with Crippen LogP contribution in [0.1, 0.15) is 23.6 Å². The van der Waals surface area contributed by atoms with Crippen molar-refractivity contribution in [2.45, 2.75) is 19.6 Å². The van der Waals surface area contributed by atoms with Crippen molar-refractivity contribution in [1.82, 2.24) is 0 Å². The van der Waals surface area contributed by atoms with Crippen molar-refractivity contribution in [3.8, 4) is 0 Å². The highest BCUT2D eigenvalue weighted by Crippen LogP contribution is 2.34. The van der Waals surface area contributed by atoms with Crippen molar-refractivity contribution < 1.29 is 18.1 Å². The van der Waals surface area contributed by atoms with E-state index in [-0.39, 0.29) is 5.69 Å². The van der Waals surface area contributed by atoms with Gasteiger partial charge in [-0.3, -0.25) is 15.5 Å². The van der Waals surface area contributed by atoms with Crippen LogP contribution in [0.2, 0.25) is 0 Å². The molecule has 0 aliphatic heterocycles. The number of rotatable bonds is 8. The van der Waals surface area contributed by atoms with Gasteiger partial charge in [-0.05, 0) is 42.3 Å². The molecule has 0 saturated heterocycles. The van der Waals surface area contributed by atoms with Crippen LogP contribution >= 0.6 is 0 Å². The molecule has 0 atom stereocenters. The van der Waals surface area contributed by atoms with E-state index in [1.165, 1.54) is 11.8 Å². The SMILES string of the molecule is CCN(Cc1ccccc1)c1ccc(C=NNc2ccc(C(F)(F)F)cc2[N+](=O)[O-])cc1. The molecule has 0 amide bonds. The zero-order valence-corrected chi connectivity index (χ0v) is 17.2. The summed E-state index contributed by atoms with van der Waals surface area (Å²) in [4.78, 5) is 12.5. The fourth-order valence-corrected chi connectivity index (χ4v) is 3.09. The topological polar surface area (TPSA) is 70.8 Å². The van der Waals surface area contributed by atoms with E-state index in [1.54, 1.807) is 0 Å². The average Bonchev–Trinajstić information content (AvgIpc) is 2.78. The van der Waals surface area contributed by atoms with Crippen molar-refractivity contribution in [1.29, 1.82) is 0 Å². The van der Waals surface area contributed by atoms with Crippen molar-refractivity contribution >= 4 is 23.3 Å². The fraction of sp³-hybridized carbons (Fsp3) is 0.174. The molecule has 0 aliphatic carbocycles. The van der Waals surface area contributed by atoms with Crippen molar-refractivity contribution in [2.24, 2.45) is 5.10 Å². The lowest BCUT2D eigenvalue weighted by Gasteiger charge is -2.23. The van der Waals surface area contributed by atoms with Crippen LogP contribution in [-0.2, 0) is 12.7 Å². The first kappa shape index (κ1) is 22.8. The summed E-state index contributed by atoms with van der Waals surface area (Å²) in [6.07, 6.45) is -3.22. The molecule has 0 radical (unpaired) electrons. The van der Waals surface area contributed by atoms with Gasteiger partial charge in [-0.25, -0.2) is 0 Å². The van der Waals surface area contributed by atoms with E-state index < -0.39 is 22.4 Å². The van der Waals surface area contributed by atoms with E-state index in [0.717, 1.165) is 36.5 Å². The molecular weight excluding hydrogens is 421 g/mol. The first-order valence-corrected chi connectivity index (χ1v) is 9.81. The minimum atomic E-state index is -4.67. The molecule has 0 aromatic heterocycles. The summed E-state index contributed by atoms with van der Waals surface area (Å²) in [7, 11) is 0. The Bertz CT molecular complexity index is 1080. The van der Waals surface area contributed by atoms with Gasteiger partial charge in [-0.15, -0.1) is 0 Å². The number of anilines is 2. The summed E-state index contributed by atoms with van der Waals surface area (Å²) in [6.45, 7) is 3.66. The highest BCUT2D eigenvalue weighted by atomic mass is 19.4. The van der Waals surface area contributed by atoms with Crippen molar-refractivity contribution in [2.75, 3.05) is 16.9 Å². The Morgan fingerprint density at radius 2 is 1.75 bits per heavy atom. The second-order valence-electron chi connectivity index (χ2n) is 6.95. The first-order chi connectivity index (χ1) is 15.3. The van der Waals surface area contributed by atoms with Crippen LogP contribution in [0.4, 0.5) is 30.2 Å². The van der Waals surface area contributed by atoms with Gasteiger partial charge in [-0.1, -0.05) is 42.5 Å². The van der Waals surface area contributed by atoms with Gasteiger partial charge in [0.2, 0.25) is 0 Å². The van der Waals surface area contributed by atoms with Crippen LogP contribution in [0.5, 0.6) is 0 Å². The summed E-state index contributed by atoms with van der Waals surface area (Å²) in [5.41, 5.74) is 3.48. The molecule has 166 valence electrons. The third kappa shape index (κ3) is 5.84. The van der Waals surface area contributed by atoms with Gasteiger partial charge in [0.1, 0.15) is 5.69 Å². The van der Waals surface area contributed by atoms with Gasteiger partial charge in [0, 0.05) is 24.8 Å². The molecule has 0 bridgehead atoms. The molecule has 3 aromatic carbocycles. The second kappa shape index (κ2) is 9.95. The molecule has 0 fully saturated rings. The van der Waals surface area contributed by atoms with Crippen LogP contribution in [0.3, 0.4) is 0 Å². The van der Waals surface area contributed by atoms with E-state index in [4.69, 9.17) is 0 Å². The predicted octanol–water partition coefficient (Wildman–Crippen LogP) is 6.09. The van der Waals surface area contributed by atoms with Gasteiger partial charge >= 0.3 is 6.18 Å². The maximum Gasteiger partial charge on any atom is 0.416 e. The Balaban J connectivity index is 1.69. The van der Waals surface area contributed by atoms with E-state index >= 15 is 0 Å². The van der Waals surface area contributed by atoms with Crippen LogP contribution in [0, 0.1) is 10.1 Å². The number of nitro benzene ring substituents is 1. The lowest BCUT2D eigenvalue weighted by Crippen LogP contribution is -2.21. The number of nitrogens with one attached hydrogen (secondary N) is 1. The number of benzene rings is 3. The van der Waals surface area contributed by atoms with Crippen LogP contribution in [-0.4, -0.2) is 17.7 Å². The highest BCUT2D eigenvalue weighted by molar-refractivity contribution is 5.81. The molecule has 0 saturated carbocycles. The van der Waals surface area contributed by atoms with Gasteiger partial charge < -0.3 is 4.90 Å². The number of alkyl halides is 3. The Labute approximate surface area is 183 Å². The largest absolute Gasteiger partial charge is 0.416 e. The maximum absolute atomic E-state index is 12.8. The Morgan fingerprint density at radius 1 is 1.06 bits per heavy atom. The molecule has 0 heterocycles. The predicted molar refractivity (Wildman–Crippen MR) is 119 cm³/mol. The number of halogens is 3. The third-order valence-electron chi connectivity index (χ3n) is 4.78. The van der Waals surface area contributed by atoms with E-state index in [2.05, 4.69) is 34.5 Å². The lowest BCUT2D eigenvalue weighted by atomic mass is 10.1. The van der Waals surface area contributed by atoms with Crippen molar-refractivity contribution in [3.05, 3.63) is 99.6 Å². The Hall–Kier alpha value is -3.88. The number of hydrazone groups is 1. The summed E-state index contributed by atoms with van der Waals surface area (Å²) in [5, 5.41) is 15.1. The lowest BCUT2D eigenvalue weighted by molar-refractivity contribution is -0.384. The fourth-order valence-electron chi connectivity index (χ4n) is 3.09. The molecule has 3 aromatic rings. The van der Waals surface area contributed by atoms with Crippen molar-refractivity contribution in [3.63, 3.8) is 0 Å². The molecular formula is C23H21F3N4O2. The summed E-state index contributed by atoms with van der Waals surface area (Å²) < 4.78 is 38.4. The summed E-state index contributed by atoms with van der Waals surface area (Å²) in [6, 6.07) is 19.9. The maximum atomic E-state index is 12.8. The van der Waals surface area contributed by atoms with E-state index in [0.29, 0.717) is 6.07 Å². The summed E-state index contributed by atoms with van der Waals surface area (Å²) in [5.74, 6) is 0. The zero-order chi connectivity index (χ0) is 23.1. The number of hydrogen-bond donors (Lipinski definition) is 1. The molecule has 9 heteroatoms. The molecule has 0 unspecified atom stereocenters. The highest BCUT2D eigenvalue weighted by Gasteiger charge is 2.33. The second-order valence-corrected chi connectivity index (χ2v) is 6.95. The minimum Gasteiger partial charge on any atom is -0.367 e. The quantitative estimate of drug-likeness (QED) is 0.261. The number of nitrogens with zero attached hydrogens (tertiary/aromatic N) is 3. The number of nitro groups is 1. The van der Waals surface area contributed by atoms with E-state index in [9.17, 15) is 23.3 Å². The smallest absolute Gasteiger partial charge is 0.367 e. The van der Waals surface area contributed by atoms with Gasteiger partial charge in [0.15, 0.2) is 0 Å². The Kier molecular flexibility index (Phi) is 7.09. The normalized spacial score (nSPS) is 11.5. The monoisotopic (exact) mass is 442 g/mol. The van der Waals surface area contributed by atoms with Crippen LogP contribution < -0.4 is 10.3 Å². The van der Waals surface area contributed by atoms with Crippen LogP contribution in [0.25, 0.3) is 0 Å². The van der Waals surface area contributed by atoms with Gasteiger partial charge in [0.25, 0.3) is 5.69 Å². The molecule has 32 heavy (non-hydrogen) atoms. The molecule has 3 rings (SSSR count). The first-order valence-electron chi connectivity index (χ1n) is 9.81. The van der Waals surface area contributed by atoms with Gasteiger partial charge in [-0.2, -0.15) is 18.3 Å².